The van der Waals surface area contributed by atoms with Crippen LogP contribution in [0.3, 0.4) is 0 Å². The van der Waals surface area contributed by atoms with Crippen molar-refractivity contribution in [3.05, 3.63) is 29.3 Å². The second-order valence-electron chi connectivity index (χ2n) is 4.17. The highest BCUT2D eigenvalue weighted by Gasteiger charge is 2.12. The number of methoxy groups -OCH3 is 1. The second kappa shape index (κ2) is 6.64. The maximum absolute atomic E-state index is 12.0. The number of rotatable bonds is 5. The number of benzene rings is 1. The van der Waals surface area contributed by atoms with Crippen LogP contribution in [0.5, 0.6) is 5.75 Å². The van der Waals surface area contributed by atoms with E-state index in [1.54, 1.807) is 7.11 Å². The molecule has 0 heterocycles. The molecule has 1 unspecified atom stereocenters. The molecule has 0 bridgehead atoms. The van der Waals surface area contributed by atoms with Gasteiger partial charge in [-0.15, -0.1) is 0 Å². The van der Waals surface area contributed by atoms with E-state index in [-0.39, 0.29) is 5.91 Å². The normalized spacial score (nSPS) is 12.0. The van der Waals surface area contributed by atoms with Gasteiger partial charge < -0.3 is 10.1 Å². The zero-order valence-electron chi connectivity index (χ0n) is 10.4. The Kier molecular flexibility index (Phi) is 5.48. The van der Waals surface area contributed by atoms with Gasteiger partial charge in [0, 0.05) is 11.9 Å². The van der Waals surface area contributed by atoms with Crippen LogP contribution in [0.25, 0.3) is 0 Å². The zero-order chi connectivity index (χ0) is 12.8. The van der Waals surface area contributed by atoms with Gasteiger partial charge in [0.15, 0.2) is 0 Å². The Hall–Kier alpha value is -1.03. The predicted molar refractivity (Wildman–Crippen MR) is 73.0 cm³/mol. The van der Waals surface area contributed by atoms with Gasteiger partial charge in [0.2, 0.25) is 0 Å². The fourth-order valence-electron chi connectivity index (χ4n) is 1.42. The van der Waals surface area contributed by atoms with E-state index in [0.29, 0.717) is 23.8 Å². The molecule has 1 N–H and O–H groups in total. The van der Waals surface area contributed by atoms with Crippen molar-refractivity contribution in [2.75, 3.05) is 19.0 Å². The van der Waals surface area contributed by atoms with Crippen molar-refractivity contribution < 1.29 is 9.53 Å². The summed E-state index contributed by atoms with van der Waals surface area (Å²) in [6.07, 6.45) is 0. The summed E-state index contributed by atoms with van der Waals surface area (Å²) in [7, 11) is 1.57. The first kappa shape index (κ1) is 14.0. The highest BCUT2D eigenvalue weighted by molar-refractivity contribution is 9.09. The number of hydrogen-bond acceptors (Lipinski definition) is 2. The van der Waals surface area contributed by atoms with Gasteiger partial charge in [-0.2, -0.15) is 0 Å². The Morgan fingerprint density at radius 1 is 1.53 bits per heavy atom. The van der Waals surface area contributed by atoms with Crippen LogP contribution >= 0.6 is 15.9 Å². The minimum Gasteiger partial charge on any atom is -0.496 e. The molecule has 0 spiro atoms. The highest BCUT2D eigenvalue weighted by atomic mass is 79.9. The maximum Gasteiger partial charge on any atom is 0.255 e. The van der Waals surface area contributed by atoms with E-state index in [1.165, 1.54) is 0 Å². The summed E-state index contributed by atoms with van der Waals surface area (Å²) >= 11 is 3.38. The topological polar surface area (TPSA) is 38.3 Å². The first-order valence-corrected chi connectivity index (χ1v) is 6.69. The number of aryl methyl sites for hydroxylation is 1. The Morgan fingerprint density at radius 3 is 2.82 bits per heavy atom. The Morgan fingerprint density at radius 2 is 2.24 bits per heavy atom. The average molecular weight is 300 g/mol. The van der Waals surface area contributed by atoms with Crippen LogP contribution in [-0.2, 0) is 0 Å². The minimum atomic E-state index is -0.0849. The largest absolute Gasteiger partial charge is 0.496 e. The molecular weight excluding hydrogens is 282 g/mol. The monoisotopic (exact) mass is 299 g/mol. The zero-order valence-corrected chi connectivity index (χ0v) is 12.0. The van der Waals surface area contributed by atoms with Crippen LogP contribution in [0, 0.1) is 12.8 Å². The van der Waals surface area contributed by atoms with Crippen molar-refractivity contribution in [1.82, 2.24) is 5.32 Å². The van der Waals surface area contributed by atoms with Crippen LogP contribution in [0.15, 0.2) is 18.2 Å². The molecule has 0 fully saturated rings. The van der Waals surface area contributed by atoms with E-state index in [1.807, 2.05) is 25.1 Å². The van der Waals surface area contributed by atoms with Gasteiger partial charge in [-0.3, -0.25) is 4.79 Å². The number of carbonyl (C=O) groups is 1. The molecule has 3 nitrogen and oxygen atoms in total. The van der Waals surface area contributed by atoms with Gasteiger partial charge in [-0.25, -0.2) is 0 Å². The molecule has 4 heteroatoms. The summed E-state index contributed by atoms with van der Waals surface area (Å²) in [4.78, 5) is 12.0. The van der Waals surface area contributed by atoms with Gasteiger partial charge in [0.05, 0.1) is 12.7 Å². The molecule has 0 aromatic heterocycles. The van der Waals surface area contributed by atoms with Crippen molar-refractivity contribution in [3.8, 4) is 5.75 Å². The highest BCUT2D eigenvalue weighted by Crippen LogP contribution is 2.19. The smallest absolute Gasteiger partial charge is 0.255 e. The fourth-order valence-corrected chi connectivity index (χ4v) is 1.64. The van der Waals surface area contributed by atoms with Gasteiger partial charge in [0.1, 0.15) is 5.75 Å². The lowest BCUT2D eigenvalue weighted by Crippen LogP contribution is -2.29. The Bertz CT molecular complexity index is 393. The van der Waals surface area contributed by atoms with E-state index in [9.17, 15) is 4.79 Å². The first-order chi connectivity index (χ1) is 8.08. The quantitative estimate of drug-likeness (QED) is 0.849. The van der Waals surface area contributed by atoms with Crippen LogP contribution in [0.2, 0.25) is 0 Å². The molecule has 1 rings (SSSR count). The van der Waals surface area contributed by atoms with Crippen molar-refractivity contribution in [1.29, 1.82) is 0 Å². The van der Waals surface area contributed by atoms with Gasteiger partial charge >= 0.3 is 0 Å². The number of amides is 1. The number of nitrogens with one attached hydrogen (secondary N) is 1. The van der Waals surface area contributed by atoms with E-state index in [4.69, 9.17) is 4.74 Å². The summed E-state index contributed by atoms with van der Waals surface area (Å²) in [5, 5.41) is 3.78. The molecule has 1 aromatic carbocycles. The first-order valence-electron chi connectivity index (χ1n) is 5.57. The molecule has 1 aromatic rings. The predicted octanol–water partition coefficient (Wildman–Crippen LogP) is 2.76. The summed E-state index contributed by atoms with van der Waals surface area (Å²) in [6.45, 7) is 4.68. The lowest BCUT2D eigenvalue weighted by molar-refractivity contribution is 0.0946. The van der Waals surface area contributed by atoms with E-state index < -0.39 is 0 Å². The SMILES string of the molecule is COc1ccc(C)cc1C(=O)NCC(C)CBr. The molecule has 1 amide bonds. The van der Waals surface area contributed by atoms with Crippen LogP contribution in [-0.4, -0.2) is 24.9 Å². The third-order valence-electron chi connectivity index (χ3n) is 2.47. The van der Waals surface area contributed by atoms with Crippen molar-refractivity contribution in [2.45, 2.75) is 13.8 Å². The minimum absolute atomic E-state index is 0.0849. The average Bonchev–Trinajstić information content (AvgIpc) is 2.35. The number of carbonyl (C=O) groups excluding carboxylic acids is 1. The van der Waals surface area contributed by atoms with Crippen molar-refractivity contribution in [3.63, 3.8) is 0 Å². The summed E-state index contributed by atoms with van der Waals surface area (Å²) in [5.74, 6) is 0.938. The van der Waals surface area contributed by atoms with E-state index in [2.05, 4.69) is 28.2 Å². The van der Waals surface area contributed by atoms with E-state index in [0.717, 1.165) is 10.9 Å². The number of halogens is 1. The molecule has 0 saturated carbocycles. The third kappa shape index (κ3) is 4.04. The molecule has 17 heavy (non-hydrogen) atoms. The molecule has 0 saturated heterocycles. The van der Waals surface area contributed by atoms with Crippen LogP contribution in [0.1, 0.15) is 22.8 Å². The van der Waals surface area contributed by atoms with Crippen molar-refractivity contribution in [2.24, 2.45) is 5.92 Å². The number of hydrogen-bond donors (Lipinski definition) is 1. The molecular formula is C13H18BrNO2. The van der Waals surface area contributed by atoms with Gasteiger partial charge in [0.25, 0.3) is 5.91 Å². The van der Waals surface area contributed by atoms with Crippen LogP contribution in [0.4, 0.5) is 0 Å². The molecule has 0 aliphatic heterocycles. The van der Waals surface area contributed by atoms with Crippen LogP contribution < -0.4 is 10.1 Å². The summed E-state index contributed by atoms with van der Waals surface area (Å²) in [5.41, 5.74) is 1.64. The fraction of sp³-hybridized carbons (Fsp3) is 0.462. The molecule has 94 valence electrons. The Balaban J connectivity index is 2.77. The summed E-state index contributed by atoms with van der Waals surface area (Å²) < 4.78 is 5.18. The third-order valence-corrected chi connectivity index (χ3v) is 3.58. The lowest BCUT2D eigenvalue weighted by atomic mass is 10.1. The number of alkyl halides is 1. The van der Waals surface area contributed by atoms with Gasteiger partial charge in [-0.05, 0) is 25.0 Å². The standard InChI is InChI=1S/C13H18BrNO2/c1-9-4-5-12(17-3)11(6-9)13(16)15-8-10(2)7-14/h4-6,10H,7-8H2,1-3H3,(H,15,16). The van der Waals surface area contributed by atoms with Gasteiger partial charge in [-0.1, -0.05) is 34.5 Å². The van der Waals surface area contributed by atoms with Crippen molar-refractivity contribution >= 4 is 21.8 Å². The number of ether oxygens (including phenoxy) is 1. The molecule has 0 aliphatic rings. The molecule has 1 atom stereocenters. The molecule has 0 radical (unpaired) electrons. The summed E-state index contributed by atoms with van der Waals surface area (Å²) in [6, 6.07) is 5.59. The Labute approximate surface area is 111 Å². The lowest BCUT2D eigenvalue weighted by Gasteiger charge is -2.12. The maximum atomic E-state index is 12.0. The van der Waals surface area contributed by atoms with E-state index >= 15 is 0 Å². The second-order valence-corrected chi connectivity index (χ2v) is 4.82. The molecule has 0 aliphatic carbocycles.